The van der Waals surface area contributed by atoms with E-state index in [0.717, 1.165) is 36.8 Å². The Morgan fingerprint density at radius 2 is 1.78 bits per heavy atom. The molecule has 2 aromatic heterocycles. The van der Waals surface area contributed by atoms with Crippen LogP contribution < -0.4 is 10.2 Å². The fourth-order valence-corrected chi connectivity index (χ4v) is 5.19. The number of fused-ring (bicyclic) bond motifs is 1. The van der Waals surface area contributed by atoms with Crippen molar-refractivity contribution in [2.75, 3.05) is 4.90 Å². The van der Waals surface area contributed by atoms with Crippen LogP contribution in [0.15, 0.2) is 54.7 Å². The minimum absolute atomic E-state index is 0.0547. The smallest absolute Gasteiger partial charge is 0.249 e. The molecule has 9 nitrogen and oxygen atoms in total. The Hall–Kier alpha value is -4.01. The first-order valence-corrected chi connectivity index (χ1v) is 12.9. The number of amides is 2. The molecule has 1 saturated carbocycles. The third-order valence-corrected chi connectivity index (χ3v) is 7.09. The van der Waals surface area contributed by atoms with Crippen LogP contribution in [-0.2, 0) is 23.2 Å². The third kappa shape index (κ3) is 5.26. The molecule has 0 aliphatic heterocycles. The van der Waals surface area contributed by atoms with Crippen LogP contribution in [0.2, 0.25) is 0 Å². The maximum atomic E-state index is 14.1. The Bertz CT molecular complexity index is 1400. The SMILES string of the molecule is Cc1ccc(N(C(=O)Cn2nnc3ccccc32)[C@@H](C(=O)NC2CCCCC2)c2cn(C)nc2C)cc1. The van der Waals surface area contributed by atoms with Gasteiger partial charge in [0.1, 0.15) is 18.1 Å². The molecular formula is C28H33N7O2. The summed E-state index contributed by atoms with van der Waals surface area (Å²) >= 11 is 0. The molecule has 2 aromatic carbocycles. The third-order valence-electron chi connectivity index (χ3n) is 7.09. The molecule has 2 amide bonds. The summed E-state index contributed by atoms with van der Waals surface area (Å²) in [4.78, 5) is 29.7. The molecule has 9 heteroatoms. The second-order valence-electron chi connectivity index (χ2n) is 9.92. The van der Waals surface area contributed by atoms with Crippen molar-refractivity contribution in [2.24, 2.45) is 7.05 Å². The first kappa shape index (κ1) is 24.7. The summed E-state index contributed by atoms with van der Waals surface area (Å²) in [6.07, 6.45) is 7.13. The van der Waals surface area contributed by atoms with E-state index in [9.17, 15) is 9.59 Å². The van der Waals surface area contributed by atoms with Crippen molar-refractivity contribution in [1.82, 2.24) is 30.1 Å². The van der Waals surface area contributed by atoms with E-state index in [0.29, 0.717) is 22.5 Å². The van der Waals surface area contributed by atoms with E-state index in [1.165, 1.54) is 6.42 Å². The minimum Gasteiger partial charge on any atom is -0.351 e. The van der Waals surface area contributed by atoms with Crippen LogP contribution >= 0.6 is 0 Å². The van der Waals surface area contributed by atoms with E-state index >= 15 is 0 Å². The monoisotopic (exact) mass is 499 g/mol. The Balaban J connectivity index is 1.56. The van der Waals surface area contributed by atoms with Gasteiger partial charge < -0.3 is 5.32 Å². The van der Waals surface area contributed by atoms with Crippen molar-refractivity contribution in [3.63, 3.8) is 0 Å². The fraction of sp³-hybridized carbons (Fsp3) is 0.393. The number of para-hydroxylation sites is 1. The van der Waals surface area contributed by atoms with Gasteiger partial charge in [0.15, 0.2) is 0 Å². The van der Waals surface area contributed by atoms with Crippen molar-refractivity contribution < 1.29 is 9.59 Å². The molecule has 1 atom stereocenters. The van der Waals surface area contributed by atoms with E-state index in [1.54, 1.807) is 14.3 Å². The van der Waals surface area contributed by atoms with Gasteiger partial charge >= 0.3 is 0 Å². The lowest BCUT2D eigenvalue weighted by Gasteiger charge is -2.33. The van der Waals surface area contributed by atoms with Gasteiger partial charge in [-0.1, -0.05) is 54.3 Å². The van der Waals surface area contributed by atoms with Gasteiger partial charge in [0.25, 0.3) is 0 Å². The van der Waals surface area contributed by atoms with Crippen LogP contribution in [0.4, 0.5) is 5.69 Å². The van der Waals surface area contributed by atoms with E-state index in [2.05, 4.69) is 20.7 Å². The molecule has 0 bridgehead atoms. The van der Waals surface area contributed by atoms with Crippen molar-refractivity contribution >= 4 is 28.5 Å². The van der Waals surface area contributed by atoms with E-state index in [4.69, 9.17) is 0 Å². The molecule has 4 aromatic rings. The summed E-state index contributed by atoms with van der Waals surface area (Å²) in [7, 11) is 1.83. The van der Waals surface area contributed by atoms with Gasteiger partial charge in [0.2, 0.25) is 11.8 Å². The Labute approximate surface area is 216 Å². The number of hydrogen-bond donors (Lipinski definition) is 1. The average molecular weight is 500 g/mol. The van der Waals surface area contributed by atoms with E-state index in [-0.39, 0.29) is 24.4 Å². The lowest BCUT2D eigenvalue weighted by molar-refractivity contribution is -0.127. The van der Waals surface area contributed by atoms with Crippen LogP contribution in [-0.4, -0.2) is 42.6 Å². The summed E-state index contributed by atoms with van der Waals surface area (Å²) < 4.78 is 3.28. The number of aryl methyl sites for hydroxylation is 3. The summed E-state index contributed by atoms with van der Waals surface area (Å²) in [5.41, 5.74) is 4.61. The summed E-state index contributed by atoms with van der Waals surface area (Å²) in [5, 5.41) is 16.2. The number of carbonyl (C=O) groups is 2. The van der Waals surface area contributed by atoms with Gasteiger partial charge in [-0.15, -0.1) is 5.10 Å². The van der Waals surface area contributed by atoms with Gasteiger partial charge in [-0.2, -0.15) is 5.10 Å². The van der Waals surface area contributed by atoms with E-state index < -0.39 is 6.04 Å². The molecule has 1 aliphatic carbocycles. The highest BCUT2D eigenvalue weighted by molar-refractivity contribution is 6.01. The number of rotatable bonds is 7. The maximum Gasteiger partial charge on any atom is 0.249 e. The molecule has 37 heavy (non-hydrogen) atoms. The summed E-state index contributed by atoms with van der Waals surface area (Å²) in [6.45, 7) is 3.82. The van der Waals surface area contributed by atoms with Crippen LogP contribution in [0.1, 0.15) is 55.0 Å². The first-order valence-electron chi connectivity index (χ1n) is 12.9. The Kier molecular flexibility index (Phi) is 7.03. The number of anilines is 1. The van der Waals surface area contributed by atoms with Crippen LogP contribution in [0, 0.1) is 13.8 Å². The number of hydrogen-bond acceptors (Lipinski definition) is 5. The molecule has 5 rings (SSSR count). The number of aromatic nitrogens is 5. The molecular weight excluding hydrogens is 466 g/mol. The molecule has 1 fully saturated rings. The molecule has 2 heterocycles. The van der Waals surface area contributed by atoms with Crippen LogP contribution in [0.25, 0.3) is 11.0 Å². The number of nitrogens with one attached hydrogen (secondary N) is 1. The number of benzene rings is 2. The van der Waals surface area contributed by atoms with Gasteiger partial charge in [0, 0.05) is 30.5 Å². The standard InChI is InChI=1S/C28H33N7O2/c1-19-13-15-22(16-14-19)35(26(36)18-34-25-12-8-7-11-24(25)30-32-34)27(23-17-33(3)31-20(23)2)28(37)29-21-9-5-4-6-10-21/h7-8,11-17,21,27H,4-6,9-10,18H2,1-3H3,(H,29,37)/t27-/m1/s1. The highest BCUT2D eigenvalue weighted by atomic mass is 16.2. The van der Waals surface area contributed by atoms with Crippen LogP contribution in [0.3, 0.4) is 0 Å². The normalized spacial score (nSPS) is 15.0. The topological polar surface area (TPSA) is 97.9 Å². The predicted molar refractivity (Wildman–Crippen MR) is 142 cm³/mol. The average Bonchev–Trinajstić information content (AvgIpc) is 3.45. The lowest BCUT2D eigenvalue weighted by Crippen LogP contribution is -2.48. The molecule has 1 N–H and O–H groups in total. The highest BCUT2D eigenvalue weighted by Crippen LogP contribution is 2.31. The van der Waals surface area contributed by atoms with Crippen molar-refractivity contribution in [2.45, 2.75) is 64.6 Å². The second-order valence-corrected chi connectivity index (χ2v) is 9.92. The van der Waals surface area contributed by atoms with Gasteiger partial charge in [-0.3, -0.25) is 19.2 Å². The predicted octanol–water partition coefficient (Wildman–Crippen LogP) is 4.01. The maximum absolute atomic E-state index is 14.1. The first-order chi connectivity index (χ1) is 17.9. The molecule has 0 spiro atoms. The van der Waals surface area contributed by atoms with Crippen LogP contribution in [0.5, 0.6) is 0 Å². The van der Waals surface area contributed by atoms with Gasteiger partial charge in [-0.25, -0.2) is 4.68 Å². The van der Waals surface area contributed by atoms with Crippen molar-refractivity contribution in [3.8, 4) is 0 Å². The number of carbonyl (C=O) groups excluding carboxylic acids is 2. The van der Waals surface area contributed by atoms with Crippen molar-refractivity contribution in [1.29, 1.82) is 0 Å². The molecule has 0 saturated heterocycles. The van der Waals surface area contributed by atoms with Crippen molar-refractivity contribution in [3.05, 3.63) is 71.5 Å². The molecule has 1 aliphatic rings. The molecule has 0 unspecified atom stereocenters. The van der Waals surface area contributed by atoms with Gasteiger partial charge in [-0.05, 0) is 51.0 Å². The quantitative estimate of drug-likeness (QED) is 0.414. The summed E-state index contributed by atoms with van der Waals surface area (Å²) in [6, 6.07) is 14.4. The fourth-order valence-electron chi connectivity index (χ4n) is 5.19. The largest absolute Gasteiger partial charge is 0.351 e. The Morgan fingerprint density at radius 3 is 2.49 bits per heavy atom. The van der Waals surface area contributed by atoms with Gasteiger partial charge in [0.05, 0.1) is 11.2 Å². The molecule has 0 radical (unpaired) electrons. The highest BCUT2D eigenvalue weighted by Gasteiger charge is 2.36. The molecule has 192 valence electrons. The zero-order valence-electron chi connectivity index (χ0n) is 21.6. The minimum atomic E-state index is -0.874. The Morgan fingerprint density at radius 1 is 1.05 bits per heavy atom. The number of nitrogens with zero attached hydrogens (tertiary/aromatic N) is 6. The lowest BCUT2D eigenvalue weighted by atomic mass is 9.94. The van der Waals surface area contributed by atoms with E-state index in [1.807, 2.05) is 75.6 Å². The zero-order chi connectivity index (χ0) is 25.9. The zero-order valence-corrected chi connectivity index (χ0v) is 21.6. The second kappa shape index (κ2) is 10.5. The summed E-state index contributed by atoms with van der Waals surface area (Å²) in [5.74, 6) is -0.452.